The Hall–Kier alpha value is -2.01. The summed E-state index contributed by atoms with van der Waals surface area (Å²) in [7, 11) is 0. The third-order valence-corrected chi connectivity index (χ3v) is 3.13. The van der Waals surface area contributed by atoms with Crippen LogP contribution >= 0.6 is 11.6 Å². The molecule has 96 valence electrons. The average molecular weight is 274 g/mol. The molecule has 0 N–H and O–H groups in total. The van der Waals surface area contributed by atoms with Crippen molar-refractivity contribution >= 4 is 22.8 Å². The summed E-state index contributed by atoms with van der Waals surface area (Å²) >= 11 is 5.97. The van der Waals surface area contributed by atoms with E-state index in [0.29, 0.717) is 12.4 Å². The van der Waals surface area contributed by atoms with E-state index in [1.165, 1.54) is 6.33 Å². The first-order chi connectivity index (χ1) is 9.28. The van der Waals surface area contributed by atoms with E-state index in [1.807, 2.05) is 29.7 Å². The largest absolute Gasteiger partial charge is 0.306 e. The Morgan fingerprint density at radius 3 is 2.84 bits per heavy atom. The molecule has 0 aromatic carbocycles. The zero-order valence-corrected chi connectivity index (χ0v) is 11.2. The van der Waals surface area contributed by atoms with Gasteiger partial charge in [-0.2, -0.15) is 0 Å². The first kappa shape index (κ1) is 12.0. The fraction of sp³-hybridized carbons (Fsp3) is 0.231. The van der Waals surface area contributed by atoms with Gasteiger partial charge in [0.25, 0.3) is 0 Å². The quantitative estimate of drug-likeness (QED) is 0.687. The minimum absolute atomic E-state index is 0.348. The van der Waals surface area contributed by atoms with Crippen LogP contribution in [-0.4, -0.2) is 24.5 Å². The fourth-order valence-corrected chi connectivity index (χ4v) is 2.19. The van der Waals surface area contributed by atoms with Crippen LogP contribution in [0, 0.1) is 6.92 Å². The van der Waals surface area contributed by atoms with E-state index < -0.39 is 0 Å². The summed E-state index contributed by atoms with van der Waals surface area (Å²) in [4.78, 5) is 17.2. The smallest absolute Gasteiger partial charge is 0.160 e. The highest BCUT2D eigenvalue weighted by Gasteiger charge is 2.12. The molecule has 3 heterocycles. The normalized spacial score (nSPS) is 11.1. The topological polar surface area (TPSA) is 56.5 Å². The van der Waals surface area contributed by atoms with Crippen molar-refractivity contribution in [2.75, 3.05) is 0 Å². The second-order valence-electron chi connectivity index (χ2n) is 4.24. The van der Waals surface area contributed by atoms with Gasteiger partial charge in [0.15, 0.2) is 5.65 Å². The number of alkyl halides is 1. The third kappa shape index (κ3) is 2.29. The van der Waals surface area contributed by atoms with Gasteiger partial charge in [-0.15, -0.1) is 11.6 Å². The van der Waals surface area contributed by atoms with Gasteiger partial charge >= 0.3 is 0 Å². The van der Waals surface area contributed by atoms with Crippen molar-refractivity contribution in [3.05, 3.63) is 47.9 Å². The molecular weight excluding hydrogens is 262 g/mol. The van der Waals surface area contributed by atoms with Crippen LogP contribution in [0.3, 0.4) is 0 Å². The zero-order chi connectivity index (χ0) is 13.2. The first-order valence-electron chi connectivity index (χ1n) is 5.91. The maximum Gasteiger partial charge on any atom is 0.160 e. The Bertz CT molecular complexity index is 708. The van der Waals surface area contributed by atoms with Gasteiger partial charge < -0.3 is 4.57 Å². The van der Waals surface area contributed by atoms with Crippen molar-refractivity contribution in [2.24, 2.45) is 0 Å². The molecule has 0 atom stereocenters. The predicted octanol–water partition coefficient (Wildman–Crippen LogP) is 2.32. The molecule has 3 aromatic heterocycles. The van der Waals surface area contributed by atoms with Crippen molar-refractivity contribution in [3.63, 3.8) is 0 Å². The van der Waals surface area contributed by atoms with Gasteiger partial charge in [0.1, 0.15) is 17.7 Å². The zero-order valence-electron chi connectivity index (χ0n) is 10.4. The molecule has 0 aliphatic heterocycles. The molecule has 0 unspecified atom stereocenters. The molecule has 3 rings (SSSR count). The lowest BCUT2D eigenvalue weighted by Crippen LogP contribution is -2.06. The van der Waals surface area contributed by atoms with Crippen LogP contribution in [0.4, 0.5) is 0 Å². The first-order valence-corrected chi connectivity index (χ1v) is 6.45. The molecule has 6 heteroatoms. The maximum atomic E-state index is 5.97. The number of hydrogen-bond donors (Lipinski definition) is 0. The van der Waals surface area contributed by atoms with Gasteiger partial charge in [0.2, 0.25) is 0 Å². The summed E-state index contributed by atoms with van der Waals surface area (Å²) in [5.74, 6) is 1.15. The van der Waals surface area contributed by atoms with E-state index in [0.717, 1.165) is 28.4 Å². The molecule has 0 radical (unpaired) electrons. The number of halogens is 1. The van der Waals surface area contributed by atoms with E-state index >= 15 is 0 Å². The van der Waals surface area contributed by atoms with Crippen molar-refractivity contribution in [1.82, 2.24) is 24.5 Å². The Morgan fingerprint density at radius 1 is 1.21 bits per heavy atom. The van der Waals surface area contributed by atoms with Crippen molar-refractivity contribution in [1.29, 1.82) is 0 Å². The van der Waals surface area contributed by atoms with Crippen LogP contribution in [0.1, 0.15) is 17.2 Å². The SMILES string of the molecule is Cc1ccc2nc(CCl)n(Cc3ccncn3)c2n1. The van der Waals surface area contributed by atoms with Gasteiger partial charge in [0.05, 0.1) is 18.1 Å². The van der Waals surface area contributed by atoms with E-state index in [2.05, 4.69) is 19.9 Å². The predicted molar refractivity (Wildman–Crippen MR) is 73.0 cm³/mol. The molecule has 0 amide bonds. The summed E-state index contributed by atoms with van der Waals surface area (Å²) < 4.78 is 2.00. The van der Waals surface area contributed by atoms with Crippen LogP contribution in [-0.2, 0) is 12.4 Å². The number of imidazole rings is 1. The Balaban J connectivity index is 2.12. The number of aromatic nitrogens is 5. The highest BCUT2D eigenvalue weighted by atomic mass is 35.5. The molecule has 5 nitrogen and oxygen atoms in total. The molecule has 0 aliphatic carbocycles. The van der Waals surface area contributed by atoms with E-state index in [1.54, 1.807) is 6.20 Å². The molecule has 0 saturated heterocycles. The highest BCUT2D eigenvalue weighted by molar-refractivity contribution is 6.16. The van der Waals surface area contributed by atoms with Gasteiger partial charge in [-0.3, -0.25) is 0 Å². The highest BCUT2D eigenvalue weighted by Crippen LogP contribution is 2.17. The Morgan fingerprint density at radius 2 is 2.11 bits per heavy atom. The summed E-state index contributed by atoms with van der Waals surface area (Å²) in [5, 5.41) is 0. The number of hydrogen-bond acceptors (Lipinski definition) is 4. The second kappa shape index (κ2) is 4.93. The van der Waals surface area contributed by atoms with Crippen molar-refractivity contribution < 1.29 is 0 Å². The summed E-state index contributed by atoms with van der Waals surface area (Å²) in [6, 6.07) is 5.78. The van der Waals surface area contributed by atoms with Crippen LogP contribution in [0.2, 0.25) is 0 Å². The van der Waals surface area contributed by atoms with Crippen LogP contribution in [0.15, 0.2) is 30.7 Å². The monoisotopic (exact) mass is 273 g/mol. The van der Waals surface area contributed by atoms with E-state index in [4.69, 9.17) is 11.6 Å². The number of fused-ring (bicyclic) bond motifs is 1. The van der Waals surface area contributed by atoms with E-state index in [-0.39, 0.29) is 0 Å². The summed E-state index contributed by atoms with van der Waals surface area (Å²) in [6.45, 7) is 2.55. The number of rotatable bonds is 3. The van der Waals surface area contributed by atoms with Gasteiger partial charge in [-0.25, -0.2) is 19.9 Å². The third-order valence-electron chi connectivity index (χ3n) is 2.89. The molecule has 3 aromatic rings. The summed E-state index contributed by atoms with van der Waals surface area (Å²) in [6.07, 6.45) is 3.26. The van der Waals surface area contributed by atoms with Gasteiger partial charge in [-0.1, -0.05) is 0 Å². The lowest BCUT2D eigenvalue weighted by molar-refractivity contribution is 0.746. The maximum absolute atomic E-state index is 5.97. The summed E-state index contributed by atoms with van der Waals surface area (Å²) in [5.41, 5.74) is 3.56. The standard InChI is InChI=1S/C13H12ClN5/c1-9-2-3-11-13(17-9)19(12(6-14)18-11)7-10-4-5-15-8-16-10/h2-5,8H,6-7H2,1H3. The van der Waals surface area contributed by atoms with Crippen LogP contribution < -0.4 is 0 Å². The molecule has 0 spiro atoms. The lowest BCUT2D eigenvalue weighted by atomic mass is 10.3. The Labute approximate surface area is 115 Å². The molecule has 0 aliphatic rings. The van der Waals surface area contributed by atoms with Gasteiger partial charge in [-0.05, 0) is 25.1 Å². The molecule has 0 bridgehead atoms. The number of pyridine rings is 1. The lowest BCUT2D eigenvalue weighted by Gasteiger charge is -2.06. The van der Waals surface area contributed by atoms with Crippen molar-refractivity contribution in [2.45, 2.75) is 19.3 Å². The number of aryl methyl sites for hydroxylation is 1. The fourth-order valence-electron chi connectivity index (χ4n) is 1.98. The minimum atomic E-state index is 0.348. The second-order valence-corrected chi connectivity index (χ2v) is 4.51. The van der Waals surface area contributed by atoms with Crippen LogP contribution in [0.25, 0.3) is 11.2 Å². The average Bonchev–Trinajstić information content (AvgIpc) is 2.78. The van der Waals surface area contributed by atoms with E-state index in [9.17, 15) is 0 Å². The molecule has 0 saturated carbocycles. The van der Waals surface area contributed by atoms with Crippen LogP contribution in [0.5, 0.6) is 0 Å². The molecule has 19 heavy (non-hydrogen) atoms. The minimum Gasteiger partial charge on any atom is -0.306 e. The number of nitrogens with zero attached hydrogens (tertiary/aromatic N) is 5. The van der Waals surface area contributed by atoms with Gasteiger partial charge in [0, 0.05) is 11.9 Å². The van der Waals surface area contributed by atoms with Crippen molar-refractivity contribution in [3.8, 4) is 0 Å². The molecule has 0 fully saturated rings. The Kier molecular flexibility index (Phi) is 3.13. The molecular formula is C13H12ClN5.